The summed E-state index contributed by atoms with van der Waals surface area (Å²) in [6, 6.07) is 11.2. The maximum atomic E-state index is 12.6. The lowest BCUT2D eigenvalue weighted by Gasteiger charge is -2.13. The van der Waals surface area contributed by atoms with Crippen LogP contribution in [-0.4, -0.2) is 51.1 Å². The Bertz CT molecular complexity index is 1140. The van der Waals surface area contributed by atoms with Gasteiger partial charge in [0, 0.05) is 0 Å². The molecule has 0 heterocycles. The van der Waals surface area contributed by atoms with Gasteiger partial charge in [-0.2, -0.15) is 0 Å². The molecule has 2 aromatic rings. The van der Waals surface area contributed by atoms with Crippen molar-refractivity contribution in [1.82, 2.24) is 0 Å². The van der Waals surface area contributed by atoms with E-state index in [1.807, 2.05) is 36.4 Å². The first kappa shape index (κ1) is 46.0. The summed E-state index contributed by atoms with van der Waals surface area (Å²) in [5.74, 6) is 2.08. The van der Waals surface area contributed by atoms with Gasteiger partial charge in [0.15, 0.2) is 34.6 Å². The first-order valence-electron chi connectivity index (χ1n) is 17.8. The highest BCUT2D eigenvalue weighted by Crippen LogP contribution is 2.30. The van der Waals surface area contributed by atoms with Crippen LogP contribution < -0.4 is 55.2 Å². The normalized spacial score (nSPS) is 10.9. The van der Waals surface area contributed by atoms with Gasteiger partial charge in [-0.25, -0.2) is 0 Å². The van der Waals surface area contributed by atoms with Crippen molar-refractivity contribution in [3.8, 4) is 23.0 Å². The van der Waals surface area contributed by atoms with Gasteiger partial charge in [0.1, 0.15) is 26.3 Å². The lowest BCUT2D eigenvalue weighted by molar-refractivity contribution is -0.371. The number of rotatable bonds is 28. The third-order valence-corrected chi connectivity index (χ3v) is 7.52. The van der Waals surface area contributed by atoms with Crippen LogP contribution in [0.2, 0.25) is 0 Å². The Labute approximate surface area is 307 Å². The van der Waals surface area contributed by atoms with Crippen LogP contribution in [0.25, 0.3) is 12.2 Å². The SMILES string of the molecule is CCCCCCCCOc1ccc(/C=C/C(=O)CC(=O)/C=C/c2ccc(OCCCCCCCC)c(OCC[NH3+])c2)cc1OCC[NH3+].[Cl-].[Cl-]. The van der Waals surface area contributed by atoms with E-state index in [9.17, 15) is 9.59 Å². The maximum Gasteiger partial charge on any atom is 0.163 e. The second kappa shape index (κ2) is 29.8. The standard InChI is InChI=1S/C39H58N2O6.2ClH/c1-3-5-7-9-11-13-25-44-36-21-17-32(29-38(36)46-27-23-40)15-19-34(42)31-35(43)20-16-33-18-22-37(39(30-33)47-28-24-41)45-26-14-12-10-8-6-4-2;;/h15-22,29-30H,3-14,23-28,31,40-41H2,1-2H3;2*1H/b19-15+,20-16+;;. The van der Waals surface area contributed by atoms with Gasteiger partial charge in [0.05, 0.1) is 19.6 Å². The lowest BCUT2D eigenvalue weighted by atomic mass is 10.1. The number of carbonyl (C=O) groups is 2. The Balaban J connectivity index is 0.0000115. The lowest BCUT2D eigenvalue weighted by Crippen LogP contribution is -3.00. The molecule has 0 aliphatic carbocycles. The molecule has 0 spiro atoms. The number of halogens is 2. The fraction of sp³-hybridized carbons (Fsp3) is 0.538. The first-order valence-corrected chi connectivity index (χ1v) is 17.8. The van der Waals surface area contributed by atoms with E-state index >= 15 is 0 Å². The third-order valence-electron chi connectivity index (χ3n) is 7.52. The minimum absolute atomic E-state index is 0. The smallest absolute Gasteiger partial charge is 0.163 e. The van der Waals surface area contributed by atoms with Crippen molar-refractivity contribution < 1.29 is 64.8 Å². The molecule has 0 fully saturated rings. The Morgan fingerprint density at radius 1 is 0.531 bits per heavy atom. The second-order valence-electron chi connectivity index (χ2n) is 11.8. The van der Waals surface area contributed by atoms with Crippen LogP contribution in [0, 0.1) is 0 Å². The number of carbonyl (C=O) groups excluding carboxylic acids is 2. The van der Waals surface area contributed by atoms with E-state index < -0.39 is 0 Å². The van der Waals surface area contributed by atoms with E-state index in [1.165, 1.54) is 63.5 Å². The highest BCUT2D eigenvalue weighted by Gasteiger charge is 2.10. The van der Waals surface area contributed by atoms with Crippen LogP contribution in [0.4, 0.5) is 0 Å². The van der Waals surface area contributed by atoms with Crippen molar-refractivity contribution in [1.29, 1.82) is 0 Å². The van der Waals surface area contributed by atoms with E-state index in [-0.39, 0.29) is 42.8 Å². The van der Waals surface area contributed by atoms with Crippen LogP contribution >= 0.6 is 0 Å². The molecule has 0 radical (unpaired) electrons. The molecule has 6 N–H and O–H groups in total. The number of benzene rings is 2. The largest absolute Gasteiger partial charge is 1.00 e. The highest BCUT2D eigenvalue weighted by molar-refractivity contribution is 6.10. The number of hydrogen-bond donors (Lipinski definition) is 2. The van der Waals surface area contributed by atoms with E-state index in [0.717, 1.165) is 36.8 Å². The quantitative estimate of drug-likeness (QED) is 0.0756. The summed E-state index contributed by atoms with van der Waals surface area (Å²) >= 11 is 0. The first-order chi connectivity index (χ1) is 23.0. The summed E-state index contributed by atoms with van der Waals surface area (Å²) < 4.78 is 23.7. The van der Waals surface area contributed by atoms with Crippen molar-refractivity contribution in [2.45, 2.75) is 97.3 Å². The van der Waals surface area contributed by atoms with Crippen molar-refractivity contribution in [3.05, 3.63) is 59.7 Å². The minimum atomic E-state index is -0.277. The van der Waals surface area contributed by atoms with E-state index in [2.05, 4.69) is 25.3 Å². The van der Waals surface area contributed by atoms with Crippen molar-refractivity contribution in [2.75, 3.05) is 39.5 Å². The predicted molar refractivity (Wildman–Crippen MR) is 190 cm³/mol. The van der Waals surface area contributed by atoms with Crippen LogP contribution in [0.3, 0.4) is 0 Å². The van der Waals surface area contributed by atoms with Crippen LogP contribution in [0.5, 0.6) is 23.0 Å². The third kappa shape index (κ3) is 20.9. The molecule has 0 bridgehead atoms. The van der Waals surface area contributed by atoms with Gasteiger partial charge in [-0.05, 0) is 60.4 Å². The van der Waals surface area contributed by atoms with Crippen molar-refractivity contribution in [2.24, 2.45) is 0 Å². The zero-order chi connectivity index (χ0) is 34.0. The summed E-state index contributed by atoms with van der Waals surface area (Å²) in [5, 5.41) is 0. The zero-order valence-corrected chi connectivity index (χ0v) is 31.3. The summed E-state index contributed by atoms with van der Waals surface area (Å²) in [7, 11) is 0. The molecule has 0 amide bonds. The van der Waals surface area contributed by atoms with Gasteiger partial charge < -0.3 is 55.2 Å². The van der Waals surface area contributed by atoms with Crippen molar-refractivity contribution in [3.63, 3.8) is 0 Å². The molecule has 0 aliphatic heterocycles. The number of ketones is 2. The minimum Gasteiger partial charge on any atom is -1.00 e. The number of ether oxygens (including phenoxy) is 4. The van der Waals surface area contributed by atoms with Gasteiger partial charge in [-0.1, -0.05) is 102 Å². The van der Waals surface area contributed by atoms with Gasteiger partial charge in [0.25, 0.3) is 0 Å². The average molecular weight is 724 g/mol. The Morgan fingerprint density at radius 2 is 0.898 bits per heavy atom. The van der Waals surface area contributed by atoms with E-state index in [4.69, 9.17) is 18.9 Å². The molecule has 2 rings (SSSR count). The molecule has 8 nitrogen and oxygen atoms in total. The molecule has 2 aromatic carbocycles. The summed E-state index contributed by atoms with van der Waals surface area (Å²) in [6.45, 7) is 7.92. The van der Waals surface area contributed by atoms with Crippen LogP contribution in [0.15, 0.2) is 48.6 Å². The van der Waals surface area contributed by atoms with E-state index in [0.29, 0.717) is 62.5 Å². The highest BCUT2D eigenvalue weighted by atomic mass is 35.5. The molecular weight excluding hydrogens is 663 g/mol. The molecule has 0 aliphatic rings. The Morgan fingerprint density at radius 3 is 1.29 bits per heavy atom. The van der Waals surface area contributed by atoms with Gasteiger partial charge >= 0.3 is 0 Å². The maximum absolute atomic E-state index is 12.6. The molecule has 0 aromatic heterocycles. The van der Waals surface area contributed by atoms with E-state index in [1.54, 1.807) is 12.2 Å². The van der Waals surface area contributed by atoms with Crippen LogP contribution in [-0.2, 0) is 9.59 Å². The predicted octanol–water partition coefficient (Wildman–Crippen LogP) is 0.670. The molecule has 0 saturated carbocycles. The van der Waals surface area contributed by atoms with Crippen molar-refractivity contribution >= 4 is 23.7 Å². The number of quaternary nitrogens is 2. The number of hydrogen-bond acceptors (Lipinski definition) is 6. The monoisotopic (exact) mass is 722 g/mol. The fourth-order valence-corrected chi connectivity index (χ4v) is 4.88. The molecule has 10 heteroatoms. The number of allylic oxidation sites excluding steroid dienone is 2. The molecule has 0 atom stereocenters. The average Bonchev–Trinajstić information content (AvgIpc) is 3.08. The van der Waals surface area contributed by atoms with Gasteiger partial charge in [-0.15, -0.1) is 0 Å². The Kier molecular flexibility index (Phi) is 28.0. The van der Waals surface area contributed by atoms with Gasteiger partial charge in [0.2, 0.25) is 0 Å². The molecule has 0 saturated heterocycles. The molecule has 276 valence electrons. The molecular formula is C39H60Cl2N2O6. The van der Waals surface area contributed by atoms with Crippen LogP contribution in [0.1, 0.15) is 108 Å². The number of unbranched alkanes of at least 4 members (excludes halogenated alkanes) is 10. The summed E-state index contributed by atoms with van der Waals surface area (Å²) in [5.41, 5.74) is 9.29. The molecule has 0 unspecified atom stereocenters. The second-order valence-corrected chi connectivity index (χ2v) is 11.8. The summed E-state index contributed by atoms with van der Waals surface area (Å²) in [4.78, 5) is 25.2. The zero-order valence-electron chi connectivity index (χ0n) is 29.8. The molecule has 49 heavy (non-hydrogen) atoms. The summed E-state index contributed by atoms with van der Waals surface area (Å²) in [6.07, 6.45) is 20.4. The fourth-order valence-electron chi connectivity index (χ4n) is 4.88. The van der Waals surface area contributed by atoms with Gasteiger partial charge in [-0.3, -0.25) is 9.59 Å². The Hall–Kier alpha value is -3.04. The topological polar surface area (TPSA) is 126 Å².